The van der Waals surface area contributed by atoms with Gasteiger partial charge >= 0.3 is 5.97 Å². The molecule has 0 radical (unpaired) electrons. The predicted octanol–water partition coefficient (Wildman–Crippen LogP) is 3.65. The lowest BCUT2D eigenvalue weighted by Gasteiger charge is -2.12. The molecule has 27 heavy (non-hydrogen) atoms. The second kappa shape index (κ2) is 8.18. The van der Waals surface area contributed by atoms with Crippen LogP contribution in [0.4, 0.5) is 17.2 Å². The number of nitrogens with one attached hydrogen (secondary N) is 1. The highest BCUT2D eigenvalue weighted by molar-refractivity contribution is 5.95. The lowest BCUT2D eigenvalue weighted by atomic mass is 10.2. The zero-order valence-corrected chi connectivity index (χ0v) is 15.1. The van der Waals surface area contributed by atoms with Gasteiger partial charge in [-0.1, -0.05) is 18.2 Å². The van der Waals surface area contributed by atoms with Gasteiger partial charge in [0.15, 0.2) is 5.82 Å². The van der Waals surface area contributed by atoms with Crippen molar-refractivity contribution < 1.29 is 14.3 Å². The molecule has 0 aliphatic carbocycles. The van der Waals surface area contributed by atoms with E-state index in [1.165, 1.54) is 6.20 Å². The van der Waals surface area contributed by atoms with Crippen molar-refractivity contribution in [2.75, 3.05) is 24.8 Å². The van der Waals surface area contributed by atoms with Gasteiger partial charge in [-0.05, 0) is 31.2 Å². The molecule has 0 bridgehead atoms. The number of ether oxygens (including phenoxy) is 2. The van der Waals surface area contributed by atoms with Crippen LogP contribution in [0.15, 0.2) is 54.7 Å². The van der Waals surface area contributed by atoms with Gasteiger partial charge in [0.05, 0.1) is 13.7 Å². The average molecular weight is 364 g/mol. The fraction of sp³-hybridized carbons (Fsp3) is 0.150. The molecule has 3 rings (SSSR count). The summed E-state index contributed by atoms with van der Waals surface area (Å²) in [6.07, 6.45) is 1.45. The van der Waals surface area contributed by atoms with Gasteiger partial charge < -0.3 is 20.5 Å². The van der Waals surface area contributed by atoms with Crippen LogP contribution in [0.3, 0.4) is 0 Å². The number of benzene rings is 2. The first-order valence-electron chi connectivity index (χ1n) is 8.42. The second-order valence-corrected chi connectivity index (χ2v) is 5.66. The Morgan fingerprint density at radius 2 is 2.00 bits per heavy atom. The molecule has 138 valence electrons. The third kappa shape index (κ3) is 4.33. The van der Waals surface area contributed by atoms with E-state index in [4.69, 9.17) is 15.2 Å². The largest absolute Gasteiger partial charge is 0.497 e. The number of nitrogens with two attached hydrogens (primary N) is 1. The molecular weight excluding hydrogens is 344 g/mol. The summed E-state index contributed by atoms with van der Waals surface area (Å²) in [4.78, 5) is 21.1. The quantitative estimate of drug-likeness (QED) is 0.509. The van der Waals surface area contributed by atoms with Crippen molar-refractivity contribution in [3.63, 3.8) is 0 Å². The molecular formula is C20H20N4O3. The summed E-state index contributed by atoms with van der Waals surface area (Å²) < 4.78 is 10.3. The number of carbonyl (C=O) groups is 1. The van der Waals surface area contributed by atoms with Crippen molar-refractivity contribution in [2.24, 2.45) is 0 Å². The van der Waals surface area contributed by atoms with Crippen LogP contribution < -0.4 is 15.8 Å². The monoisotopic (exact) mass is 364 g/mol. The Morgan fingerprint density at radius 1 is 1.19 bits per heavy atom. The number of carbonyl (C=O) groups excluding carboxylic acids is 1. The molecule has 2 aromatic carbocycles. The van der Waals surface area contributed by atoms with E-state index in [-0.39, 0.29) is 12.2 Å². The van der Waals surface area contributed by atoms with Crippen LogP contribution in [-0.2, 0) is 4.74 Å². The van der Waals surface area contributed by atoms with Gasteiger partial charge in [-0.15, -0.1) is 0 Å². The Morgan fingerprint density at radius 3 is 2.74 bits per heavy atom. The number of aromatic nitrogens is 2. The molecule has 0 spiro atoms. The highest BCUT2D eigenvalue weighted by atomic mass is 16.5. The van der Waals surface area contributed by atoms with E-state index in [9.17, 15) is 4.79 Å². The van der Waals surface area contributed by atoms with E-state index in [1.54, 1.807) is 32.2 Å². The maximum absolute atomic E-state index is 12.3. The normalized spacial score (nSPS) is 10.3. The van der Waals surface area contributed by atoms with E-state index in [2.05, 4.69) is 15.3 Å². The Hall–Kier alpha value is -3.61. The van der Waals surface area contributed by atoms with Crippen molar-refractivity contribution in [2.45, 2.75) is 6.92 Å². The van der Waals surface area contributed by atoms with Crippen molar-refractivity contribution in [3.8, 4) is 17.1 Å². The minimum absolute atomic E-state index is 0.243. The zero-order chi connectivity index (χ0) is 19.2. The van der Waals surface area contributed by atoms with Gasteiger partial charge in [0.1, 0.15) is 17.1 Å². The van der Waals surface area contributed by atoms with Gasteiger partial charge in [-0.3, -0.25) is 0 Å². The van der Waals surface area contributed by atoms with E-state index in [0.717, 1.165) is 11.3 Å². The summed E-state index contributed by atoms with van der Waals surface area (Å²) in [5.41, 5.74) is 8.16. The van der Waals surface area contributed by atoms with Crippen LogP contribution in [-0.4, -0.2) is 29.7 Å². The molecule has 0 fully saturated rings. The van der Waals surface area contributed by atoms with E-state index in [0.29, 0.717) is 23.1 Å². The first-order valence-corrected chi connectivity index (χ1v) is 8.42. The van der Waals surface area contributed by atoms with Gasteiger partial charge in [0.25, 0.3) is 0 Å². The summed E-state index contributed by atoms with van der Waals surface area (Å²) in [7, 11) is 1.59. The predicted molar refractivity (Wildman–Crippen MR) is 104 cm³/mol. The highest BCUT2D eigenvalue weighted by Gasteiger charge is 2.17. The Labute approximate surface area is 157 Å². The van der Waals surface area contributed by atoms with Crippen LogP contribution in [0.1, 0.15) is 17.3 Å². The Balaban J connectivity index is 2.03. The van der Waals surface area contributed by atoms with Crippen molar-refractivity contribution >= 4 is 23.2 Å². The number of nitrogens with zero attached hydrogens (tertiary/aromatic N) is 2. The molecule has 3 N–H and O–H groups in total. The van der Waals surface area contributed by atoms with Gasteiger partial charge in [-0.25, -0.2) is 14.8 Å². The fourth-order valence-electron chi connectivity index (χ4n) is 2.49. The molecule has 0 aliphatic rings. The number of methoxy groups -OCH3 is 1. The third-order valence-electron chi connectivity index (χ3n) is 3.76. The molecule has 7 nitrogen and oxygen atoms in total. The lowest BCUT2D eigenvalue weighted by molar-refractivity contribution is 0.0526. The summed E-state index contributed by atoms with van der Waals surface area (Å²) in [5.74, 6) is 0.972. The minimum atomic E-state index is -0.498. The number of hydrogen-bond donors (Lipinski definition) is 2. The topological polar surface area (TPSA) is 99.4 Å². The van der Waals surface area contributed by atoms with Crippen LogP contribution in [0.5, 0.6) is 5.75 Å². The van der Waals surface area contributed by atoms with Crippen LogP contribution >= 0.6 is 0 Å². The van der Waals surface area contributed by atoms with Crippen molar-refractivity contribution in [1.82, 2.24) is 9.97 Å². The average Bonchev–Trinajstić information content (AvgIpc) is 2.68. The number of nitrogen functional groups attached to an aromatic ring is 1. The van der Waals surface area contributed by atoms with Crippen LogP contribution in [0.2, 0.25) is 0 Å². The lowest BCUT2D eigenvalue weighted by Crippen LogP contribution is -2.11. The molecule has 7 heteroatoms. The molecule has 1 heterocycles. The van der Waals surface area contributed by atoms with Crippen molar-refractivity contribution in [1.29, 1.82) is 0 Å². The summed E-state index contributed by atoms with van der Waals surface area (Å²) >= 11 is 0. The maximum Gasteiger partial charge on any atom is 0.343 e. The minimum Gasteiger partial charge on any atom is -0.497 e. The molecule has 1 aromatic heterocycles. The molecule has 3 aromatic rings. The van der Waals surface area contributed by atoms with E-state index in [1.807, 2.05) is 30.3 Å². The maximum atomic E-state index is 12.3. The second-order valence-electron chi connectivity index (χ2n) is 5.66. The van der Waals surface area contributed by atoms with Crippen molar-refractivity contribution in [3.05, 3.63) is 60.3 Å². The summed E-state index contributed by atoms with van der Waals surface area (Å²) in [6, 6.07) is 14.5. The molecule has 0 saturated heterocycles. The summed E-state index contributed by atoms with van der Waals surface area (Å²) in [6.45, 7) is 2.00. The smallest absolute Gasteiger partial charge is 0.343 e. The van der Waals surface area contributed by atoms with Gasteiger partial charge in [-0.2, -0.15) is 0 Å². The standard InChI is InChI=1S/C20H20N4O3/c1-3-27-20(25)17-12-22-18(13-6-4-7-14(21)10-13)24-19(17)23-15-8-5-9-16(11-15)26-2/h4-12H,3,21H2,1-2H3,(H,22,23,24). The van der Waals surface area contributed by atoms with E-state index < -0.39 is 5.97 Å². The molecule has 0 atom stereocenters. The number of esters is 1. The van der Waals surface area contributed by atoms with Crippen LogP contribution in [0.25, 0.3) is 11.4 Å². The molecule has 0 unspecified atom stereocenters. The van der Waals surface area contributed by atoms with Crippen LogP contribution in [0, 0.1) is 0 Å². The first kappa shape index (κ1) is 18.2. The zero-order valence-electron chi connectivity index (χ0n) is 15.1. The van der Waals surface area contributed by atoms with Gasteiger partial charge in [0, 0.05) is 29.2 Å². The number of anilines is 3. The summed E-state index contributed by atoms with van der Waals surface area (Å²) in [5, 5.41) is 3.15. The number of rotatable bonds is 6. The number of hydrogen-bond acceptors (Lipinski definition) is 7. The Bertz CT molecular complexity index is 959. The fourth-order valence-corrected chi connectivity index (χ4v) is 2.49. The highest BCUT2D eigenvalue weighted by Crippen LogP contribution is 2.26. The molecule has 0 amide bonds. The van der Waals surface area contributed by atoms with Gasteiger partial charge in [0.2, 0.25) is 0 Å². The molecule has 0 saturated carbocycles. The SMILES string of the molecule is CCOC(=O)c1cnc(-c2cccc(N)c2)nc1Nc1cccc(OC)c1. The Kier molecular flexibility index (Phi) is 5.51. The molecule has 0 aliphatic heterocycles. The van der Waals surface area contributed by atoms with E-state index >= 15 is 0 Å². The first-order chi connectivity index (χ1) is 13.1. The third-order valence-corrected chi connectivity index (χ3v) is 3.76.